The summed E-state index contributed by atoms with van der Waals surface area (Å²) in [5.41, 5.74) is 5.68. The summed E-state index contributed by atoms with van der Waals surface area (Å²) in [5, 5.41) is 0. The highest BCUT2D eigenvalue weighted by molar-refractivity contribution is 4.81. The lowest BCUT2D eigenvalue weighted by Crippen LogP contribution is -2.38. The normalized spacial score (nSPS) is 29.1. The molecule has 2 N–H and O–H groups in total. The molecular formula is C11H24N2. The number of likely N-dealkylation sites (tertiary alicyclic amines) is 1. The van der Waals surface area contributed by atoms with Gasteiger partial charge in [0.15, 0.2) is 0 Å². The first-order valence-electron chi connectivity index (χ1n) is 5.63. The van der Waals surface area contributed by atoms with Gasteiger partial charge in [-0.2, -0.15) is 0 Å². The van der Waals surface area contributed by atoms with E-state index in [9.17, 15) is 0 Å². The van der Waals surface area contributed by atoms with Crippen molar-refractivity contribution in [1.82, 2.24) is 4.90 Å². The van der Waals surface area contributed by atoms with Gasteiger partial charge in [0.25, 0.3) is 0 Å². The molecule has 0 radical (unpaired) electrons. The standard InChI is InChI=1S/C11H24N2/c1-4-11-5-6-13(8-11)10(3)9(2)7-12/h9-11H,4-8,12H2,1-3H3. The topological polar surface area (TPSA) is 29.3 Å². The maximum atomic E-state index is 5.68. The van der Waals surface area contributed by atoms with Gasteiger partial charge in [0.2, 0.25) is 0 Å². The minimum Gasteiger partial charge on any atom is -0.330 e. The lowest BCUT2D eigenvalue weighted by Gasteiger charge is -2.28. The van der Waals surface area contributed by atoms with Crippen LogP contribution in [0, 0.1) is 11.8 Å². The molecule has 3 unspecified atom stereocenters. The van der Waals surface area contributed by atoms with Crippen molar-refractivity contribution in [2.75, 3.05) is 19.6 Å². The fourth-order valence-electron chi connectivity index (χ4n) is 2.12. The first-order chi connectivity index (χ1) is 6.19. The zero-order valence-corrected chi connectivity index (χ0v) is 9.29. The van der Waals surface area contributed by atoms with E-state index in [0.717, 1.165) is 12.5 Å². The molecule has 1 fully saturated rings. The Hall–Kier alpha value is -0.0800. The summed E-state index contributed by atoms with van der Waals surface area (Å²) in [4.78, 5) is 2.60. The van der Waals surface area contributed by atoms with Gasteiger partial charge in [-0.15, -0.1) is 0 Å². The molecule has 3 atom stereocenters. The molecule has 0 aromatic carbocycles. The third-order valence-electron chi connectivity index (χ3n) is 3.67. The van der Waals surface area contributed by atoms with Crippen molar-refractivity contribution in [2.24, 2.45) is 17.6 Å². The van der Waals surface area contributed by atoms with E-state index in [-0.39, 0.29) is 0 Å². The van der Waals surface area contributed by atoms with Crippen molar-refractivity contribution < 1.29 is 0 Å². The maximum Gasteiger partial charge on any atom is 0.0105 e. The molecule has 78 valence electrons. The number of hydrogen-bond donors (Lipinski definition) is 1. The Morgan fingerprint density at radius 2 is 2.15 bits per heavy atom. The summed E-state index contributed by atoms with van der Waals surface area (Å²) in [6, 6.07) is 0.668. The first kappa shape index (κ1) is 11.0. The summed E-state index contributed by atoms with van der Waals surface area (Å²) >= 11 is 0. The predicted molar refractivity (Wildman–Crippen MR) is 57.7 cm³/mol. The second kappa shape index (κ2) is 4.97. The third-order valence-corrected chi connectivity index (χ3v) is 3.67. The highest BCUT2D eigenvalue weighted by Crippen LogP contribution is 2.23. The molecule has 1 aliphatic heterocycles. The van der Waals surface area contributed by atoms with E-state index in [4.69, 9.17) is 5.73 Å². The van der Waals surface area contributed by atoms with Crippen LogP contribution in [0.3, 0.4) is 0 Å². The molecule has 0 aromatic rings. The van der Waals surface area contributed by atoms with Crippen LogP contribution < -0.4 is 5.73 Å². The van der Waals surface area contributed by atoms with Crippen molar-refractivity contribution in [2.45, 2.75) is 39.7 Å². The highest BCUT2D eigenvalue weighted by Gasteiger charge is 2.26. The summed E-state index contributed by atoms with van der Waals surface area (Å²) in [6.07, 6.45) is 2.72. The van der Waals surface area contributed by atoms with Crippen LogP contribution in [-0.4, -0.2) is 30.6 Å². The molecular weight excluding hydrogens is 160 g/mol. The van der Waals surface area contributed by atoms with Crippen molar-refractivity contribution in [3.05, 3.63) is 0 Å². The fraction of sp³-hybridized carbons (Fsp3) is 1.00. The van der Waals surface area contributed by atoms with Gasteiger partial charge in [-0.3, -0.25) is 0 Å². The van der Waals surface area contributed by atoms with E-state index >= 15 is 0 Å². The van der Waals surface area contributed by atoms with Gasteiger partial charge < -0.3 is 10.6 Å². The summed E-state index contributed by atoms with van der Waals surface area (Å²) in [5.74, 6) is 1.57. The molecule has 1 rings (SSSR count). The number of rotatable bonds is 4. The molecule has 13 heavy (non-hydrogen) atoms. The Kier molecular flexibility index (Phi) is 4.20. The maximum absolute atomic E-state index is 5.68. The summed E-state index contributed by atoms with van der Waals surface area (Å²) in [7, 11) is 0. The number of nitrogens with zero attached hydrogens (tertiary/aromatic N) is 1. The van der Waals surface area contributed by atoms with Gasteiger partial charge in [0, 0.05) is 12.6 Å². The van der Waals surface area contributed by atoms with Crippen molar-refractivity contribution in [3.8, 4) is 0 Å². The van der Waals surface area contributed by atoms with E-state index in [1.807, 2.05) is 0 Å². The third kappa shape index (κ3) is 2.68. The van der Waals surface area contributed by atoms with Gasteiger partial charge in [0.05, 0.1) is 0 Å². The fourth-order valence-corrected chi connectivity index (χ4v) is 2.12. The molecule has 2 nitrogen and oxygen atoms in total. The first-order valence-corrected chi connectivity index (χ1v) is 5.63. The SMILES string of the molecule is CCC1CCN(C(C)C(C)CN)C1. The second-order valence-corrected chi connectivity index (χ2v) is 4.51. The highest BCUT2D eigenvalue weighted by atomic mass is 15.2. The van der Waals surface area contributed by atoms with E-state index in [1.165, 1.54) is 25.9 Å². The van der Waals surface area contributed by atoms with E-state index < -0.39 is 0 Å². The molecule has 0 saturated carbocycles. The Morgan fingerprint density at radius 1 is 1.46 bits per heavy atom. The Morgan fingerprint density at radius 3 is 2.62 bits per heavy atom. The molecule has 0 amide bonds. The average Bonchev–Trinajstić information content (AvgIpc) is 2.63. The smallest absolute Gasteiger partial charge is 0.0105 e. The van der Waals surface area contributed by atoms with Crippen LogP contribution in [0.4, 0.5) is 0 Å². The minimum absolute atomic E-state index is 0.635. The molecule has 2 heteroatoms. The van der Waals surface area contributed by atoms with Gasteiger partial charge in [-0.05, 0) is 38.3 Å². The molecule has 0 bridgehead atoms. The van der Waals surface area contributed by atoms with Crippen LogP contribution >= 0.6 is 0 Å². The average molecular weight is 184 g/mol. The van der Waals surface area contributed by atoms with Crippen molar-refractivity contribution >= 4 is 0 Å². The van der Waals surface area contributed by atoms with Gasteiger partial charge in [0.1, 0.15) is 0 Å². The lowest BCUT2D eigenvalue weighted by molar-refractivity contribution is 0.194. The van der Waals surface area contributed by atoms with Crippen LogP contribution in [0.25, 0.3) is 0 Å². The van der Waals surface area contributed by atoms with Crippen LogP contribution in [0.2, 0.25) is 0 Å². The monoisotopic (exact) mass is 184 g/mol. The molecule has 0 spiro atoms. The molecule has 0 aromatic heterocycles. The zero-order chi connectivity index (χ0) is 9.84. The second-order valence-electron chi connectivity index (χ2n) is 4.51. The van der Waals surface area contributed by atoms with E-state index in [1.54, 1.807) is 0 Å². The predicted octanol–water partition coefficient (Wildman–Crippen LogP) is 1.70. The Balaban J connectivity index is 2.36. The van der Waals surface area contributed by atoms with E-state index in [2.05, 4.69) is 25.7 Å². The summed E-state index contributed by atoms with van der Waals surface area (Å²) < 4.78 is 0. The van der Waals surface area contributed by atoms with Crippen molar-refractivity contribution in [1.29, 1.82) is 0 Å². The molecule has 1 saturated heterocycles. The minimum atomic E-state index is 0.635. The zero-order valence-electron chi connectivity index (χ0n) is 9.29. The van der Waals surface area contributed by atoms with Gasteiger partial charge >= 0.3 is 0 Å². The van der Waals surface area contributed by atoms with Crippen LogP contribution in [0.5, 0.6) is 0 Å². The molecule has 0 aliphatic carbocycles. The van der Waals surface area contributed by atoms with Crippen LogP contribution in [-0.2, 0) is 0 Å². The van der Waals surface area contributed by atoms with Crippen molar-refractivity contribution in [3.63, 3.8) is 0 Å². The lowest BCUT2D eigenvalue weighted by atomic mass is 10.0. The molecule has 1 heterocycles. The number of hydrogen-bond acceptors (Lipinski definition) is 2. The number of nitrogens with two attached hydrogens (primary N) is 1. The van der Waals surface area contributed by atoms with Gasteiger partial charge in [-0.1, -0.05) is 20.3 Å². The molecule has 1 aliphatic rings. The van der Waals surface area contributed by atoms with Crippen LogP contribution in [0.15, 0.2) is 0 Å². The Labute approximate surface area is 82.5 Å². The van der Waals surface area contributed by atoms with E-state index in [0.29, 0.717) is 12.0 Å². The van der Waals surface area contributed by atoms with Crippen LogP contribution in [0.1, 0.15) is 33.6 Å². The van der Waals surface area contributed by atoms with Gasteiger partial charge in [-0.25, -0.2) is 0 Å². The quantitative estimate of drug-likeness (QED) is 0.720. The Bertz CT molecular complexity index is 147. The summed E-state index contributed by atoms with van der Waals surface area (Å²) in [6.45, 7) is 10.3. The largest absolute Gasteiger partial charge is 0.330 e.